The van der Waals surface area contributed by atoms with E-state index in [1.165, 1.54) is 24.0 Å². The Labute approximate surface area is 234 Å². The van der Waals surface area contributed by atoms with E-state index >= 15 is 0 Å². The van der Waals surface area contributed by atoms with Crippen molar-refractivity contribution >= 4 is 52.6 Å². The molecule has 2 aliphatic heterocycles. The molecule has 0 atom stereocenters. The third-order valence-corrected chi connectivity index (χ3v) is 47.0. The Morgan fingerprint density at radius 2 is 0.973 bits per heavy atom. The molecule has 0 aromatic heterocycles. The number of para-hydroxylation sites is 1. The van der Waals surface area contributed by atoms with Gasteiger partial charge in [-0.1, -0.05) is 124 Å². The number of rotatable bonds is 7. The maximum absolute atomic E-state index is 7.50. The minimum absolute atomic E-state index is 0.269. The maximum Gasteiger partial charge on any atom is 0.468 e. The molecule has 3 rings (SSSR count). The predicted octanol–water partition coefficient (Wildman–Crippen LogP) is 10.2. The van der Waals surface area contributed by atoms with Gasteiger partial charge in [-0.05, 0) is 35.8 Å². The van der Waals surface area contributed by atoms with Gasteiger partial charge < -0.3 is 8.85 Å². The first-order valence-electron chi connectivity index (χ1n) is 14.6. The average molecular weight is 592 g/mol. The van der Waals surface area contributed by atoms with Crippen molar-refractivity contribution in [3.63, 3.8) is 0 Å². The molecule has 0 N–H and O–H groups in total. The highest BCUT2D eigenvalue weighted by atomic mass is 28.5. The fraction of sp³-hybridized carbons (Fsp3) is 0.759. The highest BCUT2D eigenvalue weighted by Gasteiger charge is 2.90. The molecule has 1 aromatic rings. The van der Waals surface area contributed by atoms with E-state index in [9.17, 15) is 0 Å². The van der Waals surface area contributed by atoms with Crippen molar-refractivity contribution in [2.24, 2.45) is 4.99 Å². The number of aliphatic imine (C=N–C) groups is 1. The zero-order valence-corrected chi connectivity index (χ0v) is 32.1. The SMILES string of the molecule is CC(C)c1cccc(C(C)C)c1N=C1O[Si]2(O1)C([Si](C)(C)C)([Si](C)(C)C)CCC2([Si](C)(C)C)[Si](C)(C)C. The second-order valence-electron chi connectivity index (χ2n) is 16.6. The maximum atomic E-state index is 7.50. The van der Waals surface area contributed by atoms with E-state index in [1.54, 1.807) is 0 Å². The number of hydrogen-bond acceptors (Lipinski definition) is 3. The van der Waals surface area contributed by atoms with Crippen LogP contribution in [0.1, 0.15) is 63.5 Å². The van der Waals surface area contributed by atoms with Gasteiger partial charge in [-0.2, -0.15) is 4.99 Å². The van der Waals surface area contributed by atoms with Gasteiger partial charge in [0.05, 0.1) is 38.0 Å². The van der Waals surface area contributed by atoms with Gasteiger partial charge in [-0.25, -0.2) is 0 Å². The Morgan fingerprint density at radius 1 is 0.649 bits per heavy atom. The standard InChI is InChI=1S/C29H57NO2Si5/c1-22(2)24-18-17-19-25(23(3)4)26(24)30-27-31-37(32-27)28(33(5,6)7,34(8,9)10)20-21-29(37,35(11,12)13)36(14,15)16/h17-19,22-23H,20-21H2,1-16H3. The van der Waals surface area contributed by atoms with Crippen LogP contribution in [0.5, 0.6) is 0 Å². The van der Waals surface area contributed by atoms with Crippen molar-refractivity contribution in [3.8, 4) is 0 Å². The summed E-state index contributed by atoms with van der Waals surface area (Å²) in [5.41, 5.74) is 3.68. The molecule has 0 bridgehead atoms. The van der Waals surface area contributed by atoms with Crippen molar-refractivity contribution < 1.29 is 8.85 Å². The van der Waals surface area contributed by atoms with Crippen molar-refractivity contribution in [1.82, 2.24) is 0 Å². The van der Waals surface area contributed by atoms with Crippen LogP contribution in [-0.4, -0.2) is 46.9 Å². The van der Waals surface area contributed by atoms with Crippen molar-refractivity contribution in [2.45, 2.75) is 140 Å². The molecule has 2 saturated heterocycles. The normalized spacial score (nSPS) is 21.2. The smallest absolute Gasteiger partial charge is 0.468 e. The van der Waals surface area contributed by atoms with Crippen LogP contribution < -0.4 is 0 Å². The van der Waals surface area contributed by atoms with E-state index < -0.39 is 40.9 Å². The summed E-state index contributed by atoms with van der Waals surface area (Å²) in [4.78, 5) is 5.25. The van der Waals surface area contributed by atoms with Gasteiger partial charge in [-0.15, -0.1) is 0 Å². The fourth-order valence-corrected chi connectivity index (χ4v) is 54.7. The minimum atomic E-state index is -2.67. The van der Waals surface area contributed by atoms with E-state index in [1.807, 2.05) is 0 Å². The number of hydrogen-bond donors (Lipinski definition) is 0. The van der Waals surface area contributed by atoms with E-state index in [2.05, 4.69) is 124 Å². The first-order chi connectivity index (χ1) is 16.5. The molecule has 1 aromatic carbocycles. The summed E-state index contributed by atoms with van der Waals surface area (Å²) < 4.78 is 15.5. The molecule has 2 heterocycles. The molecule has 0 saturated carbocycles. The second kappa shape index (κ2) is 9.31. The van der Waals surface area contributed by atoms with Crippen LogP contribution in [0, 0.1) is 0 Å². The average Bonchev–Trinajstić information content (AvgIpc) is 3.01. The van der Waals surface area contributed by atoms with Gasteiger partial charge in [0, 0.05) is 8.57 Å². The Balaban J connectivity index is 2.33. The lowest BCUT2D eigenvalue weighted by Crippen LogP contribution is -2.83. The lowest BCUT2D eigenvalue weighted by atomic mass is 9.93. The monoisotopic (exact) mass is 591 g/mol. The highest BCUT2D eigenvalue weighted by Crippen LogP contribution is 2.78. The van der Waals surface area contributed by atoms with Crippen LogP contribution in [-0.2, 0) is 8.85 Å². The van der Waals surface area contributed by atoms with Gasteiger partial charge in [0.25, 0.3) is 0 Å². The molecule has 2 fully saturated rings. The molecule has 210 valence electrons. The van der Waals surface area contributed by atoms with Crippen LogP contribution in [0.15, 0.2) is 23.2 Å². The van der Waals surface area contributed by atoms with E-state index in [-0.39, 0.29) is 8.57 Å². The minimum Gasteiger partial charge on any atom is -0.470 e. The van der Waals surface area contributed by atoms with Crippen molar-refractivity contribution in [2.75, 3.05) is 0 Å². The van der Waals surface area contributed by atoms with Crippen LogP contribution in [0.3, 0.4) is 0 Å². The summed E-state index contributed by atoms with van der Waals surface area (Å²) in [6.07, 6.45) is 3.21. The molecule has 0 unspecified atom stereocenters. The molecular weight excluding hydrogens is 535 g/mol. The summed E-state index contributed by atoms with van der Waals surface area (Å²) >= 11 is 0. The Kier molecular flexibility index (Phi) is 7.83. The van der Waals surface area contributed by atoms with Gasteiger partial charge in [0.2, 0.25) is 0 Å². The second-order valence-corrected chi connectivity index (χ2v) is 44.4. The topological polar surface area (TPSA) is 30.8 Å². The molecule has 3 nitrogen and oxygen atoms in total. The summed E-state index contributed by atoms with van der Waals surface area (Å²) in [5, 5.41) is 0. The third-order valence-electron chi connectivity index (χ3n) is 10.1. The lowest BCUT2D eigenvalue weighted by molar-refractivity contribution is 0.194. The summed E-state index contributed by atoms with van der Waals surface area (Å²) in [7, 11) is -9.38. The molecule has 0 aliphatic carbocycles. The van der Waals surface area contributed by atoms with Gasteiger partial charge in [0.1, 0.15) is 0 Å². The van der Waals surface area contributed by atoms with Gasteiger partial charge >= 0.3 is 14.6 Å². The Morgan fingerprint density at radius 3 is 1.24 bits per heavy atom. The van der Waals surface area contributed by atoms with Crippen molar-refractivity contribution in [1.29, 1.82) is 0 Å². The van der Waals surface area contributed by atoms with Crippen molar-refractivity contribution in [3.05, 3.63) is 29.3 Å². The number of nitrogens with zero attached hydrogens (tertiary/aromatic N) is 1. The first kappa shape index (κ1) is 31.1. The van der Waals surface area contributed by atoms with Crippen LogP contribution in [0.25, 0.3) is 0 Å². The molecular formula is C29H57NO2Si5. The molecule has 2 aliphatic rings. The highest BCUT2D eigenvalue weighted by molar-refractivity contribution is 7.24. The number of benzene rings is 1. The van der Waals surface area contributed by atoms with E-state index in [0.717, 1.165) is 5.69 Å². The fourth-order valence-electron chi connectivity index (χ4n) is 9.17. The molecule has 8 heteroatoms. The molecule has 0 amide bonds. The van der Waals surface area contributed by atoms with Gasteiger partial charge in [0.15, 0.2) is 0 Å². The zero-order valence-electron chi connectivity index (χ0n) is 27.1. The zero-order chi connectivity index (χ0) is 28.6. The Bertz CT molecular complexity index is 948. The summed E-state index contributed by atoms with van der Waals surface area (Å²) in [6.45, 7) is 40.5. The largest absolute Gasteiger partial charge is 0.470 e. The molecule has 1 spiro atoms. The summed E-state index contributed by atoms with van der Waals surface area (Å²) in [5.74, 6) is 0.809. The third kappa shape index (κ3) is 4.30. The van der Waals surface area contributed by atoms with Crippen LogP contribution in [0.4, 0.5) is 5.69 Å². The van der Waals surface area contributed by atoms with Gasteiger partial charge in [-0.3, -0.25) is 0 Å². The van der Waals surface area contributed by atoms with E-state index in [0.29, 0.717) is 17.9 Å². The summed E-state index contributed by atoms with van der Waals surface area (Å²) in [6, 6.07) is 6.66. The predicted molar refractivity (Wildman–Crippen MR) is 178 cm³/mol. The quantitative estimate of drug-likeness (QED) is 0.295. The van der Waals surface area contributed by atoms with Crippen LogP contribution in [0.2, 0.25) is 87.1 Å². The molecule has 0 radical (unpaired) electrons. The van der Waals surface area contributed by atoms with Crippen LogP contribution >= 0.6 is 0 Å². The molecule has 37 heavy (non-hydrogen) atoms. The Hall–Kier alpha value is -0.426. The van der Waals surface area contributed by atoms with E-state index in [4.69, 9.17) is 13.8 Å². The first-order valence-corrected chi connectivity index (χ1v) is 30.4. The lowest BCUT2D eigenvalue weighted by Gasteiger charge is -2.66.